The first-order valence-corrected chi connectivity index (χ1v) is 12.5. The maximum atomic E-state index is 7.00. The van der Waals surface area contributed by atoms with Crippen LogP contribution in [0.1, 0.15) is 116 Å². The minimum Gasteiger partial charge on any atom is -0.400 e. The molecule has 0 aromatic carbocycles. The second-order valence-electron chi connectivity index (χ2n) is 9.73. The lowest BCUT2D eigenvalue weighted by atomic mass is 9.71. The molecule has 1 nitrogen and oxygen atoms in total. The summed E-state index contributed by atoms with van der Waals surface area (Å²) in [7, 11) is 1.00. The molecule has 0 unspecified atom stereocenters. The average Bonchev–Trinajstić information content (AvgIpc) is 2.76. The molecule has 0 spiro atoms. The van der Waals surface area contributed by atoms with E-state index in [4.69, 9.17) is 5.11 Å². The number of allylic oxidation sites excluding steroid dienone is 2. The van der Waals surface area contributed by atoms with Gasteiger partial charge < -0.3 is 5.11 Å². The van der Waals surface area contributed by atoms with E-state index in [9.17, 15) is 0 Å². The van der Waals surface area contributed by atoms with E-state index in [-0.39, 0.29) is 0 Å². The number of unbranched alkanes of at least 4 members (excludes halogenated alkanes) is 2. The summed E-state index contributed by atoms with van der Waals surface area (Å²) in [5.74, 6) is 5.08. The maximum absolute atomic E-state index is 7.00. The van der Waals surface area contributed by atoms with Crippen LogP contribution in [-0.4, -0.2) is 12.2 Å². The average molecular weight is 377 g/mol. The summed E-state index contributed by atoms with van der Waals surface area (Å²) in [5, 5.41) is 7.00. The number of rotatable bonds is 7. The van der Waals surface area contributed by atoms with E-state index in [1.807, 2.05) is 0 Å². The molecule has 0 aromatic heterocycles. The Bertz CT molecular complexity index is 366. The first-order valence-electron chi connectivity index (χ1n) is 12.5. The lowest BCUT2D eigenvalue weighted by Crippen LogP contribution is -2.23. The van der Waals surface area contributed by atoms with E-state index in [2.05, 4.69) is 19.1 Å². The van der Waals surface area contributed by atoms with Gasteiger partial charge in [-0.1, -0.05) is 76.9 Å². The Balaban J connectivity index is 0.00000126. The minimum absolute atomic E-state index is 0.915. The first-order chi connectivity index (χ1) is 13.3. The van der Waals surface area contributed by atoms with Crippen molar-refractivity contribution in [3.8, 4) is 0 Å². The maximum Gasteiger partial charge on any atom is 0.0319 e. The van der Waals surface area contributed by atoms with Crippen LogP contribution in [-0.2, 0) is 0 Å². The van der Waals surface area contributed by atoms with Gasteiger partial charge in [0, 0.05) is 7.11 Å². The quantitative estimate of drug-likeness (QED) is 0.353. The van der Waals surface area contributed by atoms with Crippen molar-refractivity contribution >= 4 is 0 Å². The lowest BCUT2D eigenvalue weighted by molar-refractivity contribution is 0.179. The SMILES string of the molecule is CCCCC[C@H]1CC[C@H](C=C[C@H]2CC[C@H](C3CCCCC3)CC2)CC1.CO. The fourth-order valence-corrected chi connectivity index (χ4v) is 6.08. The number of hydrogen-bond acceptors (Lipinski definition) is 1. The van der Waals surface area contributed by atoms with Gasteiger partial charge >= 0.3 is 0 Å². The molecule has 0 heterocycles. The van der Waals surface area contributed by atoms with Crippen LogP contribution in [0.5, 0.6) is 0 Å². The Kier molecular flexibility index (Phi) is 11.8. The molecule has 27 heavy (non-hydrogen) atoms. The number of aliphatic hydroxyl groups is 1. The Labute approximate surface area is 170 Å². The van der Waals surface area contributed by atoms with Gasteiger partial charge in [0.15, 0.2) is 0 Å². The Morgan fingerprint density at radius 1 is 0.630 bits per heavy atom. The highest BCUT2D eigenvalue weighted by Gasteiger charge is 2.28. The molecule has 0 aromatic rings. The molecular weight excluding hydrogens is 328 g/mol. The van der Waals surface area contributed by atoms with E-state index in [0.717, 1.165) is 36.7 Å². The van der Waals surface area contributed by atoms with Crippen molar-refractivity contribution in [3.63, 3.8) is 0 Å². The standard InChI is InChI=1S/C25H44.CH4O/c1-2-3-5-8-21-11-13-22(14-12-21)15-16-23-17-19-25(20-18-23)24-9-6-4-7-10-24;1-2/h15-16,21-25H,2-14,17-20H2,1H3;2H,1H3/t21-,22-,23-,25-;. The van der Waals surface area contributed by atoms with Crippen molar-refractivity contribution in [3.05, 3.63) is 12.2 Å². The zero-order chi connectivity index (χ0) is 19.3. The Morgan fingerprint density at radius 3 is 1.70 bits per heavy atom. The molecule has 0 atom stereocenters. The van der Waals surface area contributed by atoms with E-state index < -0.39 is 0 Å². The first kappa shape index (κ1) is 23.0. The molecule has 1 N–H and O–H groups in total. The van der Waals surface area contributed by atoms with Crippen LogP contribution in [0.15, 0.2) is 12.2 Å². The van der Waals surface area contributed by atoms with Crippen molar-refractivity contribution in [1.82, 2.24) is 0 Å². The largest absolute Gasteiger partial charge is 0.400 e. The Hall–Kier alpha value is -0.300. The van der Waals surface area contributed by atoms with Crippen LogP contribution >= 0.6 is 0 Å². The molecule has 3 aliphatic carbocycles. The van der Waals surface area contributed by atoms with Crippen molar-refractivity contribution in [2.45, 2.75) is 116 Å². The van der Waals surface area contributed by atoms with Crippen LogP contribution < -0.4 is 0 Å². The molecule has 3 saturated carbocycles. The van der Waals surface area contributed by atoms with Crippen molar-refractivity contribution in [1.29, 1.82) is 0 Å². The molecule has 3 aliphatic rings. The zero-order valence-electron chi connectivity index (χ0n) is 18.5. The highest BCUT2D eigenvalue weighted by Crippen LogP contribution is 2.40. The van der Waals surface area contributed by atoms with Gasteiger partial charge in [0.25, 0.3) is 0 Å². The predicted octanol–water partition coefficient (Wildman–Crippen LogP) is 7.92. The third-order valence-corrected chi connectivity index (χ3v) is 7.90. The van der Waals surface area contributed by atoms with Crippen LogP contribution in [0.25, 0.3) is 0 Å². The fourth-order valence-electron chi connectivity index (χ4n) is 6.08. The second-order valence-corrected chi connectivity index (χ2v) is 9.73. The van der Waals surface area contributed by atoms with Gasteiger partial charge in [-0.25, -0.2) is 0 Å². The summed E-state index contributed by atoms with van der Waals surface area (Å²) in [5.41, 5.74) is 0. The molecule has 0 amide bonds. The molecule has 0 radical (unpaired) electrons. The van der Waals surface area contributed by atoms with E-state index >= 15 is 0 Å². The zero-order valence-corrected chi connectivity index (χ0v) is 18.5. The van der Waals surface area contributed by atoms with Crippen molar-refractivity contribution in [2.75, 3.05) is 7.11 Å². The number of hydrogen-bond donors (Lipinski definition) is 1. The molecule has 1 heteroatoms. The molecule has 0 bridgehead atoms. The minimum atomic E-state index is 0.915. The molecule has 3 rings (SSSR count). The van der Waals surface area contributed by atoms with E-state index in [1.54, 1.807) is 12.8 Å². The summed E-state index contributed by atoms with van der Waals surface area (Å²) in [6.45, 7) is 2.32. The van der Waals surface area contributed by atoms with Gasteiger partial charge in [0.05, 0.1) is 0 Å². The summed E-state index contributed by atoms with van der Waals surface area (Å²) in [4.78, 5) is 0. The molecular formula is C26H48O. The summed E-state index contributed by atoms with van der Waals surface area (Å²) in [6, 6.07) is 0. The van der Waals surface area contributed by atoms with E-state index in [0.29, 0.717) is 0 Å². The normalized spacial score (nSPS) is 32.9. The van der Waals surface area contributed by atoms with Crippen molar-refractivity contribution < 1.29 is 5.11 Å². The van der Waals surface area contributed by atoms with Gasteiger partial charge in [-0.15, -0.1) is 0 Å². The highest BCUT2D eigenvalue weighted by molar-refractivity contribution is 4.96. The smallest absolute Gasteiger partial charge is 0.0319 e. The van der Waals surface area contributed by atoms with Gasteiger partial charge in [-0.05, 0) is 81.0 Å². The summed E-state index contributed by atoms with van der Waals surface area (Å²) < 4.78 is 0. The Morgan fingerprint density at radius 2 is 1.15 bits per heavy atom. The fraction of sp³-hybridized carbons (Fsp3) is 0.923. The van der Waals surface area contributed by atoms with E-state index in [1.165, 1.54) is 96.3 Å². The van der Waals surface area contributed by atoms with Gasteiger partial charge in [0.1, 0.15) is 0 Å². The predicted molar refractivity (Wildman–Crippen MR) is 119 cm³/mol. The third-order valence-electron chi connectivity index (χ3n) is 7.90. The molecule has 3 fully saturated rings. The van der Waals surface area contributed by atoms with Gasteiger partial charge in [-0.2, -0.15) is 0 Å². The van der Waals surface area contributed by atoms with Crippen LogP contribution in [0.4, 0.5) is 0 Å². The highest BCUT2D eigenvalue weighted by atomic mass is 16.2. The van der Waals surface area contributed by atoms with Crippen molar-refractivity contribution in [2.24, 2.45) is 29.6 Å². The molecule has 158 valence electrons. The molecule has 0 aliphatic heterocycles. The van der Waals surface area contributed by atoms with Gasteiger partial charge in [-0.3, -0.25) is 0 Å². The van der Waals surface area contributed by atoms with Crippen LogP contribution in [0.2, 0.25) is 0 Å². The van der Waals surface area contributed by atoms with Crippen LogP contribution in [0.3, 0.4) is 0 Å². The third kappa shape index (κ3) is 8.30. The lowest BCUT2D eigenvalue weighted by Gasteiger charge is -2.35. The summed E-state index contributed by atoms with van der Waals surface area (Å²) in [6.07, 6.45) is 30.8. The van der Waals surface area contributed by atoms with Gasteiger partial charge in [0.2, 0.25) is 0 Å². The topological polar surface area (TPSA) is 20.2 Å². The number of aliphatic hydroxyl groups excluding tert-OH is 1. The second kappa shape index (κ2) is 13.8. The summed E-state index contributed by atoms with van der Waals surface area (Å²) >= 11 is 0. The molecule has 0 saturated heterocycles. The van der Waals surface area contributed by atoms with Crippen LogP contribution in [0, 0.1) is 29.6 Å². The monoisotopic (exact) mass is 376 g/mol.